The highest BCUT2D eigenvalue weighted by molar-refractivity contribution is 5.53. The lowest BCUT2D eigenvalue weighted by molar-refractivity contribution is -0.373. The van der Waals surface area contributed by atoms with Gasteiger partial charge in [0, 0.05) is 13.0 Å². The first kappa shape index (κ1) is 27.8. The Morgan fingerprint density at radius 3 is 2.12 bits per heavy atom. The van der Waals surface area contributed by atoms with Crippen LogP contribution in [-0.4, -0.2) is 135 Å². The number of rotatable bonds is 8. The summed E-state index contributed by atoms with van der Waals surface area (Å²) in [4.78, 5) is 11.2. The molecule has 0 spiro atoms. The van der Waals surface area contributed by atoms with Gasteiger partial charge in [-0.3, -0.25) is 0 Å². The summed E-state index contributed by atoms with van der Waals surface area (Å²) in [5.74, 6) is -0.189. The number of carbonyl (C=O) groups is 1. The van der Waals surface area contributed by atoms with E-state index >= 15 is 0 Å². The Morgan fingerprint density at radius 2 is 1.53 bits per heavy atom. The molecule has 2 heterocycles. The Balaban J connectivity index is 1.71. The Morgan fingerprint density at radius 1 is 0.912 bits per heavy atom. The lowest BCUT2D eigenvalue weighted by atomic mass is 9.77. The van der Waals surface area contributed by atoms with Crippen LogP contribution < -0.4 is 0 Å². The van der Waals surface area contributed by atoms with Crippen LogP contribution in [0.3, 0.4) is 0 Å². The standard InChI is InChI=1S/C21H36O13/c1-21(4-3-9(6-22)5-12(21)30-2)34-20-17(29)15(27)18(11(8-24)32-20)33-19-16(28)14(26)13(25)10(7-23)31-19/h6,9-20,23-29H,3-5,7-8H2,1-2H3/t9-,10+,11-,12-,13-,14+,15-,16+,17+,18-,19-,20-,21-/m0/s1. The van der Waals surface area contributed by atoms with Crippen molar-refractivity contribution in [2.24, 2.45) is 5.92 Å². The normalized spacial score (nSPS) is 50.1. The van der Waals surface area contributed by atoms with Gasteiger partial charge in [-0.1, -0.05) is 0 Å². The summed E-state index contributed by atoms with van der Waals surface area (Å²) < 4.78 is 28.1. The van der Waals surface area contributed by atoms with Crippen molar-refractivity contribution in [2.45, 2.75) is 99.3 Å². The van der Waals surface area contributed by atoms with E-state index in [0.717, 1.165) is 6.29 Å². The molecule has 0 aromatic heterocycles. The first-order valence-corrected chi connectivity index (χ1v) is 11.3. The highest BCUT2D eigenvalue weighted by atomic mass is 16.7. The topological polar surface area (TPSA) is 205 Å². The molecule has 0 aromatic carbocycles. The van der Waals surface area contributed by atoms with E-state index in [1.807, 2.05) is 0 Å². The minimum atomic E-state index is -1.75. The molecular weight excluding hydrogens is 460 g/mol. The molecule has 1 aliphatic carbocycles. The largest absolute Gasteiger partial charge is 0.394 e. The third kappa shape index (κ3) is 5.45. The van der Waals surface area contributed by atoms with Crippen LogP contribution in [0.4, 0.5) is 0 Å². The zero-order valence-electron chi connectivity index (χ0n) is 19.1. The molecule has 0 radical (unpaired) electrons. The number of aliphatic hydroxyl groups excluding tert-OH is 7. The maximum absolute atomic E-state index is 11.2. The Bertz CT molecular complexity index is 663. The number of methoxy groups -OCH3 is 1. The second-order valence-corrected chi connectivity index (χ2v) is 9.33. The lowest BCUT2D eigenvalue weighted by Crippen LogP contribution is -2.65. The van der Waals surface area contributed by atoms with E-state index in [1.54, 1.807) is 6.92 Å². The predicted molar refractivity (Wildman–Crippen MR) is 110 cm³/mol. The zero-order chi connectivity index (χ0) is 25.2. The molecule has 1 saturated carbocycles. The molecule has 3 aliphatic rings. The predicted octanol–water partition coefficient (Wildman–Crippen LogP) is -3.60. The van der Waals surface area contributed by atoms with E-state index in [0.29, 0.717) is 19.3 Å². The summed E-state index contributed by atoms with van der Waals surface area (Å²) in [7, 11) is 1.48. The Labute approximate surface area is 196 Å². The van der Waals surface area contributed by atoms with Crippen LogP contribution in [0.25, 0.3) is 0 Å². The van der Waals surface area contributed by atoms with Gasteiger partial charge >= 0.3 is 0 Å². The molecule has 34 heavy (non-hydrogen) atoms. The molecule has 13 heteroatoms. The van der Waals surface area contributed by atoms with Crippen LogP contribution in [0.15, 0.2) is 0 Å². The summed E-state index contributed by atoms with van der Waals surface area (Å²) in [6, 6.07) is 0. The molecule has 198 valence electrons. The summed E-state index contributed by atoms with van der Waals surface area (Å²) in [6.07, 6.45) is -13.5. The van der Waals surface area contributed by atoms with Crippen LogP contribution in [-0.2, 0) is 28.5 Å². The third-order valence-corrected chi connectivity index (χ3v) is 7.03. The third-order valence-electron chi connectivity index (χ3n) is 7.03. The van der Waals surface area contributed by atoms with Crippen LogP contribution in [0.1, 0.15) is 26.2 Å². The van der Waals surface area contributed by atoms with Crippen LogP contribution in [0, 0.1) is 5.92 Å². The number of aldehydes is 1. The van der Waals surface area contributed by atoms with Crippen LogP contribution >= 0.6 is 0 Å². The second-order valence-electron chi connectivity index (χ2n) is 9.33. The average molecular weight is 497 g/mol. The van der Waals surface area contributed by atoms with Gasteiger partial charge in [0.2, 0.25) is 0 Å². The summed E-state index contributed by atoms with van der Waals surface area (Å²) >= 11 is 0. The molecule has 2 aliphatic heterocycles. The van der Waals surface area contributed by atoms with E-state index in [2.05, 4.69) is 0 Å². The summed E-state index contributed by atoms with van der Waals surface area (Å²) in [5, 5.41) is 70.8. The van der Waals surface area contributed by atoms with Gasteiger partial charge in [0.1, 0.15) is 55.1 Å². The van der Waals surface area contributed by atoms with Gasteiger partial charge in [-0.25, -0.2) is 0 Å². The van der Waals surface area contributed by atoms with Crippen molar-refractivity contribution >= 4 is 6.29 Å². The van der Waals surface area contributed by atoms with Crippen LogP contribution in [0.5, 0.6) is 0 Å². The minimum absolute atomic E-state index is 0.189. The second kappa shape index (κ2) is 11.5. The molecule has 7 N–H and O–H groups in total. The van der Waals surface area contributed by atoms with Crippen LogP contribution in [0.2, 0.25) is 0 Å². The summed E-state index contributed by atoms with van der Waals surface area (Å²) in [6.45, 7) is 0.402. The van der Waals surface area contributed by atoms with E-state index in [4.69, 9.17) is 23.7 Å². The van der Waals surface area contributed by atoms with Gasteiger partial charge in [0.15, 0.2) is 12.6 Å². The monoisotopic (exact) mass is 496 g/mol. The molecule has 0 unspecified atom stereocenters. The molecule has 2 saturated heterocycles. The maximum atomic E-state index is 11.2. The molecule has 13 atom stereocenters. The lowest BCUT2D eigenvalue weighted by Gasteiger charge is -2.49. The summed E-state index contributed by atoms with van der Waals surface area (Å²) in [5.41, 5.74) is -0.954. The molecular formula is C21H36O13. The van der Waals surface area contributed by atoms with E-state index in [-0.39, 0.29) is 5.92 Å². The van der Waals surface area contributed by atoms with Crippen molar-refractivity contribution in [1.29, 1.82) is 0 Å². The Kier molecular flexibility index (Phi) is 9.39. The average Bonchev–Trinajstić information content (AvgIpc) is 2.83. The quantitative estimate of drug-likeness (QED) is 0.162. The first-order chi connectivity index (χ1) is 16.1. The SMILES string of the molecule is CO[C@H]1C[C@@H](C=O)CC[C@]1(C)O[C@@H]1O[C@@H](CO)[C@H](O[C@@H]2O[C@H](CO)[C@H](O)[C@@H](O)[C@H]2O)[C@@H](O)[C@H]1O. The van der Waals surface area contributed by atoms with Crippen molar-refractivity contribution in [1.82, 2.24) is 0 Å². The van der Waals surface area contributed by atoms with Crippen molar-refractivity contribution in [3.05, 3.63) is 0 Å². The highest BCUT2D eigenvalue weighted by Gasteiger charge is 2.53. The fourth-order valence-corrected chi connectivity index (χ4v) is 4.80. The maximum Gasteiger partial charge on any atom is 0.187 e. The number of ether oxygens (including phenoxy) is 5. The fraction of sp³-hybridized carbons (Fsp3) is 0.952. The number of hydrogen-bond donors (Lipinski definition) is 7. The molecule has 3 fully saturated rings. The van der Waals surface area contributed by atoms with Crippen molar-refractivity contribution < 1.29 is 64.2 Å². The fourth-order valence-electron chi connectivity index (χ4n) is 4.80. The number of carbonyl (C=O) groups excluding carboxylic acids is 1. The molecule has 0 aromatic rings. The molecule has 13 nitrogen and oxygen atoms in total. The molecule has 3 rings (SSSR count). The van der Waals surface area contributed by atoms with Crippen molar-refractivity contribution in [2.75, 3.05) is 20.3 Å². The molecule has 0 bridgehead atoms. The zero-order valence-corrected chi connectivity index (χ0v) is 19.1. The molecule has 0 amide bonds. The first-order valence-electron chi connectivity index (χ1n) is 11.3. The minimum Gasteiger partial charge on any atom is -0.394 e. The van der Waals surface area contributed by atoms with Gasteiger partial charge < -0.3 is 64.2 Å². The highest BCUT2D eigenvalue weighted by Crippen LogP contribution is 2.39. The van der Waals surface area contributed by atoms with E-state index < -0.39 is 86.3 Å². The smallest absolute Gasteiger partial charge is 0.187 e. The van der Waals surface area contributed by atoms with Gasteiger partial charge in [-0.15, -0.1) is 0 Å². The Hall–Kier alpha value is -0.810. The van der Waals surface area contributed by atoms with E-state index in [1.165, 1.54) is 7.11 Å². The van der Waals surface area contributed by atoms with Gasteiger partial charge in [0.05, 0.1) is 24.9 Å². The van der Waals surface area contributed by atoms with Crippen molar-refractivity contribution in [3.63, 3.8) is 0 Å². The van der Waals surface area contributed by atoms with Gasteiger partial charge in [-0.2, -0.15) is 0 Å². The number of hydrogen-bond acceptors (Lipinski definition) is 13. The van der Waals surface area contributed by atoms with E-state index in [9.17, 15) is 40.5 Å². The van der Waals surface area contributed by atoms with Gasteiger partial charge in [0.25, 0.3) is 0 Å². The van der Waals surface area contributed by atoms with Crippen molar-refractivity contribution in [3.8, 4) is 0 Å². The number of aliphatic hydroxyl groups is 7. The van der Waals surface area contributed by atoms with Gasteiger partial charge in [-0.05, 0) is 26.2 Å².